The molecule has 0 amide bonds. The van der Waals surface area contributed by atoms with Crippen LogP contribution in [0, 0.1) is 0 Å². The lowest BCUT2D eigenvalue weighted by Crippen LogP contribution is -2.47. The van der Waals surface area contributed by atoms with Gasteiger partial charge in [0.25, 0.3) is 0 Å². The standard InChI is InChI=1S/C14H23N3/c1-11(2)12-3-5-13(6-4-12)14(15)17-9-7-16-8-10-17/h3-6,11,14,16H,7-10,15H2,1-2H3. The molecule has 94 valence electrons. The molecule has 1 atom stereocenters. The second kappa shape index (κ2) is 5.63. The minimum absolute atomic E-state index is 0.0401. The van der Waals surface area contributed by atoms with Crippen molar-refractivity contribution >= 4 is 0 Å². The first-order valence-electron chi connectivity index (χ1n) is 6.48. The molecule has 1 heterocycles. The van der Waals surface area contributed by atoms with E-state index in [9.17, 15) is 0 Å². The lowest BCUT2D eigenvalue weighted by Gasteiger charge is -2.32. The maximum atomic E-state index is 6.29. The van der Waals surface area contributed by atoms with E-state index in [-0.39, 0.29) is 6.17 Å². The average molecular weight is 233 g/mol. The van der Waals surface area contributed by atoms with Crippen LogP contribution in [0.15, 0.2) is 24.3 Å². The van der Waals surface area contributed by atoms with Crippen LogP contribution >= 0.6 is 0 Å². The zero-order valence-corrected chi connectivity index (χ0v) is 10.8. The molecule has 0 radical (unpaired) electrons. The number of benzene rings is 1. The molecular formula is C14H23N3. The fraction of sp³-hybridized carbons (Fsp3) is 0.571. The first-order valence-corrected chi connectivity index (χ1v) is 6.48. The zero-order valence-electron chi connectivity index (χ0n) is 10.8. The van der Waals surface area contributed by atoms with Gasteiger partial charge in [0.1, 0.15) is 0 Å². The molecular weight excluding hydrogens is 210 g/mol. The van der Waals surface area contributed by atoms with Crippen LogP contribution < -0.4 is 11.1 Å². The van der Waals surface area contributed by atoms with Gasteiger partial charge in [0, 0.05) is 26.2 Å². The quantitative estimate of drug-likeness (QED) is 0.834. The number of nitrogens with two attached hydrogens (primary N) is 1. The van der Waals surface area contributed by atoms with Gasteiger partial charge in [-0.15, -0.1) is 0 Å². The highest BCUT2D eigenvalue weighted by atomic mass is 15.3. The van der Waals surface area contributed by atoms with Crippen LogP contribution in [0.3, 0.4) is 0 Å². The Labute approximate surface area is 104 Å². The molecule has 0 saturated carbocycles. The molecule has 0 aromatic heterocycles. The van der Waals surface area contributed by atoms with Gasteiger partial charge >= 0.3 is 0 Å². The summed E-state index contributed by atoms with van der Waals surface area (Å²) in [5.41, 5.74) is 8.89. The monoisotopic (exact) mass is 233 g/mol. The van der Waals surface area contributed by atoms with E-state index < -0.39 is 0 Å². The molecule has 3 N–H and O–H groups in total. The van der Waals surface area contributed by atoms with Gasteiger partial charge in [0.05, 0.1) is 6.17 Å². The zero-order chi connectivity index (χ0) is 12.3. The third-order valence-corrected chi connectivity index (χ3v) is 3.49. The minimum Gasteiger partial charge on any atom is -0.314 e. The number of hydrogen-bond acceptors (Lipinski definition) is 3. The van der Waals surface area contributed by atoms with Gasteiger partial charge in [0.2, 0.25) is 0 Å². The minimum atomic E-state index is 0.0401. The van der Waals surface area contributed by atoms with Crippen molar-refractivity contribution in [2.24, 2.45) is 5.73 Å². The van der Waals surface area contributed by atoms with Crippen LogP contribution in [0.5, 0.6) is 0 Å². The molecule has 1 aliphatic rings. The molecule has 1 fully saturated rings. The van der Waals surface area contributed by atoms with E-state index in [0.29, 0.717) is 5.92 Å². The molecule has 1 unspecified atom stereocenters. The van der Waals surface area contributed by atoms with Crippen LogP contribution in [0.25, 0.3) is 0 Å². The highest BCUT2D eigenvalue weighted by molar-refractivity contribution is 5.26. The highest BCUT2D eigenvalue weighted by Gasteiger charge is 2.18. The fourth-order valence-electron chi connectivity index (χ4n) is 2.25. The highest BCUT2D eigenvalue weighted by Crippen LogP contribution is 2.19. The van der Waals surface area contributed by atoms with E-state index in [2.05, 4.69) is 48.3 Å². The number of piperazine rings is 1. The molecule has 2 rings (SSSR count). The first kappa shape index (κ1) is 12.6. The van der Waals surface area contributed by atoms with Crippen molar-refractivity contribution in [1.29, 1.82) is 0 Å². The first-order chi connectivity index (χ1) is 8.18. The topological polar surface area (TPSA) is 41.3 Å². The van der Waals surface area contributed by atoms with Crippen LogP contribution in [-0.2, 0) is 0 Å². The van der Waals surface area contributed by atoms with Crippen molar-refractivity contribution in [2.75, 3.05) is 26.2 Å². The molecule has 1 aromatic rings. The molecule has 17 heavy (non-hydrogen) atoms. The molecule has 3 heteroatoms. The molecule has 1 aromatic carbocycles. The maximum Gasteiger partial charge on any atom is 0.0836 e. The maximum absolute atomic E-state index is 6.29. The lowest BCUT2D eigenvalue weighted by molar-refractivity contribution is 0.177. The van der Waals surface area contributed by atoms with Crippen molar-refractivity contribution < 1.29 is 0 Å². The average Bonchev–Trinajstić information content (AvgIpc) is 2.39. The van der Waals surface area contributed by atoms with Crippen LogP contribution in [0.2, 0.25) is 0 Å². The van der Waals surface area contributed by atoms with Gasteiger partial charge in [-0.05, 0) is 17.0 Å². The number of hydrogen-bond donors (Lipinski definition) is 2. The van der Waals surface area contributed by atoms with Crippen molar-refractivity contribution in [3.63, 3.8) is 0 Å². The fourth-order valence-corrected chi connectivity index (χ4v) is 2.25. The molecule has 3 nitrogen and oxygen atoms in total. The van der Waals surface area contributed by atoms with Crippen LogP contribution in [0.1, 0.15) is 37.1 Å². The summed E-state index contributed by atoms with van der Waals surface area (Å²) in [6.45, 7) is 8.58. The Morgan fingerprint density at radius 3 is 2.12 bits per heavy atom. The van der Waals surface area contributed by atoms with E-state index in [1.807, 2.05) is 0 Å². The number of nitrogens with one attached hydrogen (secondary N) is 1. The Morgan fingerprint density at radius 2 is 1.59 bits per heavy atom. The third kappa shape index (κ3) is 3.06. The number of nitrogens with zero attached hydrogens (tertiary/aromatic N) is 1. The van der Waals surface area contributed by atoms with E-state index in [1.54, 1.807) is 0 Å². The summed E-state index contributed by atoms with van der Waals surface area (Å²) in [6.07, 6.45) is 0.0401. The summed E-state index contributed by atoms with van der Waals surface area (Å²) in [5, 5.41) is 3.35. The van der Waals surface area contributed by atoms with Gasteiger partial charge in [0.15, 0.2) is 0 Å². The van der Waals surface area contributed by atoms with Gasteiger partial charge in [-0.25, -0.2) is 0 Å². The Bertz CT molecular complexity index is 339. The SMILES string of the molecule is CC(C)c1ccc(C(N)N2CCNCC2)cc1. The van der Waals surface area contributed by atoms with E-state index >= 15 is 0 Å². The second-order valence-electron chi connectivity index (χ2n) is 5.05. The van der Waals surface area contributed by atoms with Gasteiger partial charge < -0.3 is 11.1 Å². The van der Waals surface area contributed by atoms with Crippen molar-refractivity contribution in [3.05, 3.63) is 35.4 Å². The predicted molar refractivity (Wildman–Crippen MR) is 71.9 cm³/mol. The van der Waals surface area contributed by atoms with E-state index in [4.69, 9.17) is 5.73 Å². The molecule has 1 aliphatic heterocycles. The Morgan fingerprint density at radius 1 is 1.06 bits per heavy atom. The predicted octanol–water partition coefficient (Wildman–Crippen LogP) is 1.67. The summed E-state index contributed by atoms with van der Waals surface area (Å²) in [6, 6.07) is 8.73. The largest absolute Gasteiger partial charge is 0.314 e. The Balaban J connectivity index is 2.05. The summed E-state index contributed by atoms with van der Waals surface area (Å²) in [7, 11) is 0. The summed E-state index contributed by atoms with van der Waals surface area (Å²) >= 11 is 0. The molecule has 0 spiro atoms. The second-order valence-corrected chi connectivity index (χ2v) is 5.05. The number of rotatable bonds is 3. The molecule has 1 saturated heterocycles. The van der Waals surface area contributed by atoms with Crippen molar-refractivity contribution in [1.82, 2.24) is 10.2 Å². The third-order valence-electron chi connectivity index (χ3n) is 3.49. The van der Waals surface area contributed by atoms with Crippen molar-refractivity contribution in [2.45, 2.75) is 25.9 Å². The van der Waals surface area contributed by atoms with Crippen LogP contribution in [-0.4, -0.2) is 31.1 Å². The van der Waals surface area contributed by atoms with Gasteiger partial charge in [-0.3, -0.25) is 4.90 Å². The van der Waals surface area contributed by atoms with E-state index in [1.165, 1.54) is 11.1 Å². The smallest absolute Gasteiger partial charge is 0.0836 e. The summed E-state index contributed by atoms with van der Waals surface area (Å²) < 4.78 is 0. The van der Waals surface area contributed by atoms with Gasteiger partial charge in [-0.2, -0.15) is 0 Å². The molecule has 0 bridgehead atoms. The van der Waals surface area contributed by atoms with Crippen molar-refractivity contribution in [3.8, 4) is 0 Å². The molecule has 0 aliphatic carbocycles. The van der Waals surface area contributed by atoms with E-state index in [0.717, 1.165) is 26.2 Å². The summed E-state index contributed by atoms with van der Waals surface area (Å²) in [4.78, 5) is 2.33. The Kier molecular flexibility index (Phi) is 4.15. The Hall–Kier alpha value is -0.900. The van der Waals surface area contributed by atoms with Gasteiger partial charge in [-0.1, -0.05) is 38.1 Å². The van der Waals surface area contributed by atoms with Crippen LogP contribution in [0.4, 0.5) is 0 Å². The summed E-state index contributed by atoms with van der Waals surface area (Å²) in [5.74, 6) is 0.583. The normalized spacial score (nSPS) is 19.5. The lowest BCUT2D eigenvalue weighted by atomic mass is 10.0.